The summed E-state index contributed by atoms with van der Waals surface area (Å²) in [5, 5.41) is 0. The van der Waals surface area contributed by atoms with Crippen LogP contribution in [-0.4, -0.2) is 40.9 Å². The van der Waals surface area contributed by atoms with E-state index in [9.17, 15) is 24.0 Å². The van der Waals surface area contributed by atoms with Gasteiger partial charge >= 0.3 is 17.9 Å². The van der Waals surface area contributed by atoms with Crippen LogP contribution in [0.25, 0.3) is 0 Å². The quantitative estimate of drug-likeness (QED) is 0.489. The van der Waals surface area contributed by atoms with E-state index in [0.29, 0.717) is 5.92 Å². The molecule has 4 unspecified atom stereocenters. The van der Waals surface area contributed by atoms with Crippen molar-refractivity contribution in [2.24, 2.45) is 29.6 Å². The molecule has 3 rings (SSSR count). The van der Waals surface area contributed by atoms with Crippen LogP contribution in [0.15, 0.2) is 0 Å². The lowest BCUT2D eigenvalue weighted by Gasteiger charge is -2.32. The van der Waals surface area contributed by atoms with E-state index < -0.39 is 35.2 Å². The van der Waals surface area contributed by atoms with Crippen molar-refractivity contribution < 1.29 is 38.2 Å². The van der Waals surface area contributed by atoms with E-state index in [1.807, 2.05) is 13.8 Å². The highest BCUT2D eigenvalue weighted by atomic mass is 16.7. The van der Waals surface area contributed by atoms with E-state index in [-0.39, 0.29) is 35.7 Å². The van der Waals surface area contributed by atoms with Crippen LogP contribution in [-0.2, 0) is 38.2 Å². The van der Waals surface area contributed by atoms with Gasteiger partial charge in [0, 0.05) is 25.7 Å². The summed E-state index contributed by atoms with van der Waals surface area (Å²) in [5.41, 5.74) is -0.494. The number of rotatable bonds is 5. The summed E-state index contributed by atoms with van der Waals surface area (Å²) < 4.78 is 14.8. The zero-order valence-corrected chi connectivity index (χ0v) is 18.8. The molecule has 0 radical (unpaired) electrons. The molecule has 1 heterocycles. The summed E-state index contributed by atoms with van der Waals surface area (Å²) in [6, 6.07) is 0. The van der Waals surface area contributed by atoms with E-state index in [0.717, 1.165) is 12.8 Å². The maximum atomic E-state index is 11.8. The second kappa shape index (κ2) is 8.47. The number of cyclic esters (lactones) is 2. The van der Waals surface area contributed by atoms with Crippen molar-refractivity contribution in [1.29, 1.82) is 0 Å². The average Bonchev–Trinajstić information content (AvgIpc) is 3.42. The van der Waals surface area contributed by atoms with Crippen LogP contribution >= 0.6 is 0 Å². The summed E-state index contributed by atoms with van der Waals surface area (Å²) in [5.74, 6) is -4.30. The van der Waals surface area contributed by atoms with Gasteiger partial charge in [0.15, 0.2) is 5.78 Å². The van der Waals surface area contributed by atoms with Crippen molar-refractivity contribution in [2.75, 3.05) is 0 Å². The number of Topliss-reactive ketones (excluding diaryl/α,β-unsaturated/α-hetero) is 2. The SMILES string of the molecule is CC1CC1C(=O)C1C(=O)OC(C)(C)OC1=O.CC1CC1C(=O)CC(=O)OC(C)(C)C. The Hall–Kier alpha value is -2.25. The van der Waals surface area contributed by atoms with Crippen LogP contribution in [0.1, 0.15) is 67.7 Å². The van der Waals surface area contributed by atoms with Gasteiger partial charge in [-0.05, 0) is 45.4 Å². The van der Waals surface area contributed by atoms with Crippen molar-refractivity contribution in [3.63, 3.8) is 0 Å². The lowest BCUT2D eigenvalue weighted by Crippen LogP contribution is -2.49. The molecule has 8 heteroatoms. The Bertz CT molecular complexity index is 725. The number of carbonyl (C=O) groups excluding carboxylic acids is 5. The zero-order valence-electron chi connectivity index (χ0n) is 18.8. The topological polar surface area (TPSA) is 113 Å². The number of carbonyl (C=O) groups is 5. The lowest BCUT2D eigenvalue weighted by molar-refractivity contribution is -0.238. The molecule has 0 aromatic heterocycles. The molecule has 168 valence electrons. The fourth-order valence-electron chi connectivity index (χ4n) is 3.31. The van der Waals surface area contributed by atoms with Gasteiger partial charge in [0.25, 0.3) is 5.79 Å². The van der Waals surface area contributed by atoms with Crippen molar-refractivity contribution in [3.05, 3.63) is 0 Å². The van der Waals surface area contributed by atoms with Crippen molar-refractivity contribution in [2.45, 2.75) is 79.1 Å². The van der Waals surface area contributed by atoms with E-state index in [1.165, 1.54) is 13.8 Å². The molecule has 4 atom stereocenters. The Kier molecular flexibility index (Phi) is 6.79. The van der Waals surface area contributed by atoms with Gasteiger partial charge in [-0.25, -0.2) is 0 Å². The summed E-state index contributed by atoms with van der Waals surface area (Å²) in [7, 11) is 0. The van der Waals surface area contributed by atoms with Crippen molar-refractivity contribution in [1.82, 2.24) is 0 Å². The van der Waals surface area contributed by atoms with Crippen LogP contribution in [0.3, 0.4) is 0 Å². The summed E-state index contributed by atoms with van der Waals surface area (Å²) in [6.07, 6.45) is 1.60. The molecular weight excluding hydrogens is 392 g/mol. The molecular formula is C22H32O8. The molecule has 0 aromatic carbocycles. The Morgan fingerprint density at radius 3 is 1.77 bits per heavy atom. The highest BCUT2D eigenvalue weighted by molar-refractivity contribution is 6.17. The molecule has 3 fully saturated rings. The molecule has 1 aliphatic heterocycles. The molecule has 0 N–H and O–H groups in total. The highest BCUT2D eigenvalue weighted by Gasteiger charge is 2.53. The van der Waals surface area contributed by atoms with Gasteiger partial charge in [-0.1, -0.05) is 13.8 Å². The summed E-state index contributed by atoms with van der Waals surface area (Å²) in [4.78, 5) is 57.6. The van der Waals surface area contributed by atoms with Crippen molar-refractivity contribution in [3.8, 4) is 0 Å². The predicted molar refractivity (Wildman–Crippen MR) is 105 cm³/mol. The predicted octanol–water partition coefficient (Wildman–Crippen LogP) is 2.61. The first kappa shape index (κ1) is 24.0. The van der Waals surface area contributed by atoms with Gasteiger partial charge in [-0.2, -0.15) is 0 Å². The van der Waals surface area contributed by atoms with Crippen LogP contribution < -0.4 is 0 Å². The monoisotopic (exact) mass is 424 g/mol. The fraction of sp³-hybridized carbons (Fsp3) is 0.773. The molecule has 2 saturated carbocycles. The second-order valence-corrected chi connectivity index (χ2v) is 9.95. The fourth-order valence-corrected chi connectivity index (χ4v) is 3.31. The minimum Gasteiger partial charge on any atom is -0.460 e. The number of ether oxygens (including phenoxy) is 3. The number of esters is 3. The molecule has 3 aliphatic rings. The first-order valence-corrected chi connectivity index (χ1v) is 10.4. The first-order valence-electron chi connectivity index (χ1n) is 10.4. The maximum Gasteiger partial charge on any atom is 0.331 e. The number of ketones is 2. The summed E-state index contributed by atoms with van der Waals surface area (Å²) in [6.45, 7) is 12.3. The second-order valence-electron chi connectivity index (χ2n) is 9.95. The Balaban J connectivity index is 0.000000216. The summed E-state index contributed by atoms with van der Waals surface area (Å²) >= 11 is 0. The van der Waals surface area contributed by atoms with E-state index in [1.54, 1.807) is 20.8 Å². The normalized spacial score (nSPS) is 29.6. The van der Waals surface area contributed by atoms with Gasteiger partial charge in [0.2, 0.25) is 5.92 Å². The highest BCUT2D eigenvalue weighted by Crippen LogP contribution is 2.41. The van der Waals surface area contributed by atoms with E-state index in [2.05, 4.69) is 0 Å². The number of hydrogen-bond acceptors (Lipinski definition) is 8. The molecule has 2 aliphatic carbocycles. The standard InChI is InChI=1S/C11H14O5.C11H18O3/c1-5-4-6(5)8(12)7-9(13)15-11(2,3)16-10(7)14;1-7-5-8(7)9(12)6-10(13)14-11(2,3)4/h5-7H,4H2,1-3H3;7-8H,5-6H2,1-4H3. The van der Waals surface area contributed by atoms with Gasteiger partial charge < -0.3 is 14.2 Å². The van der Waals surface area contributed by atoms with Crippen LogP contribution in [0.4, 0.5) is 0 Å². The zero-order chi connectivity index (χ0) is 23.0. The van der Waals surface area contributed by atoms with Crippen LogP contribution in [0, 0.1) is 29.6 Å². The third-order valence-corrected chi connectivity index (χ3v) is 5.19. The molecule has 0 amide bonds. The molecule has 0 bridgehead atoms. The third-order valence-electron chi connectivity index (χ3n) is 5.19. The van der Waals surface area contributed by atoms with Crippen LogP contribution in [0.5, 0.6) is 0 Å². The van der Waals surface area contributed by atoms with Gasteiger partial charge in [0.05, 0.1) is 0 Å². The smallest absolute Gasteiger partial charge is 0.331 e. The third kappa shape index (κ3) is 6.64. The van der Waals surface area contributed by atoms with E-state index in [4.69, 9.17) is 14.2 Å². The Labute approximate surface area is 177 Å². The minimum atomic E-state index is -1.37. The lowest BCUT2D eigenvalue weighted by atomic mass is 9.98. The van der Waals surface area contributed by atoms with Crippen molar-refractivity contribution >= 4 is 29.5 Å². The average molecular weight is 424 g/mol. The van der Waals surface area contributed by atoms with Gasteiger partial charge in [-0.3, -0.25) is 24.0 Å². The van der Waals surface area contributed by atoms with E-state index >= 15 is 0 Å². The van der Waals surface area contributed by atoms with Gasteiger partial charge in [-0.15, -0.1) is 0 Å². The Morgan fingerprint density at radius 2 is 1.40 bits per heavy atom. The first-order chi connectivity index (χ1) is 13.6. The molecule has 30 heavy (non-hydrogen) atoms. The maximum absolute atomic E-state index is 11.8. The molecule has 0 spiro atoms. The molecule has 1 saturated heterocycles. The molecule has 8 nitrogen and oxygen atoms in total. The van der Waals surface area contributed by atoms with Crippen LogP contribution in [0.2, 0.25) is 0 Å². The minimum absolute atomic E-state index is 0.0340. The number of hydrogen-bond donors (Lipinski definition) is 0. The largest absolute Gasteiger partial charge is 0.460 e. The Morgan fingerprint density at radius 1 is 0.967 bits per heavy atom. The van der Waals surface area contributed by atoms with Gasteiger partial charge in [0.1, 0.15) is 17.8 Å². The molecule has 0 aromatic rings.